The third-order valence-electron chi connectivity index (χ3n) is 15.3. The maximum absolute atomic E-state index is 14.6. The van der Waals surface area contributed by atoms with Crippen molar-refractivity contribution in [3.8, 4) is 12.3 Å². The second-order valence-electron chi connectivity index (χ2n) is 21.0. The molecule has 3 heterocycles. The van der Waals surface area contributed by atoms with Crippen LogP contribution < -0.4 is 10.6 Å². The van der Waals surface area contributed by atoms with Gasteiger partial charge in [-0.3, -0.25) is 19.2 Å². The normalized spacial score (nSPS) is 36.5. The Hall–Kier alpha value is -5.19. The summed E-state index contributed by atoms with van der Waals surface area (Å²) in [7, 11) is 4.12. The lowest BCUT2D eigenvalue weighted by Gasteiger charge is -2.43. The average Bonchev–Trinajstić information content (AvgIpc) is 3.37. The summed E-state index contributed by atoms with van der Waals surface area (Å²) in [5, 5.41) is 28.9. The van der Waals surface area contributed by atoms with Crippen LogP contribution in [0.4, 0.5) is 9.59 Å². The number of hydrogen-bond donors (Lipinski definition) is 4. The van der Waals surface area contributed by atoms with Crippen LogP contribution in [0.25, 0.3) is 0 Å². The van der Waals surface area contributed by atoms with Crippen LogP contribution in [0.1, 0.15) is 126 Å². The molecule has 4 N–H and O–H groups in total. The van der Waals surface area contributed by atoms with Crippen LogP contribution >= 0.6 is 0 Å². The number of nitrogens with one attached hydrogen (secondary N) is 2. The molecule has 0 aromatic carbocycles. The fourth-order valence-corrected chi connectivity index (χ4v) is 10.7. The van der Waals surface area contributed by atoms with Gasteiger partial charge < -0.3 is 54.2 Å². The molecule has 18 heteroatoms. The third kappa shape index (κ3) is 16.9. The quantitative estimate of drug-likeness (QED) is 0.0690. The highest BCUT2D eigenvalue weighted by Crippen LogP contribution is 2.38. The average molecular weight is 1040 g/mol. The Balaban J connectivity index is 1.72. The van der Waals surface area contributed by atoms with Gasteiger partial charge in [0.2, 0.25) is 5.79 Å². The van der Waals surface area contributed by atoms with Gasteiger partial charge in [-0.15, -0.1) is 6.42 Å². The number of hydrogen-bond acceptors (Lipinski definition) is 15. The number of alkyl carbamates (subject to hydrolysis) is 2. The van der Waals surface area contributed by atoms with Gasteiger partial charge in [0.1, 0.15) is 36.2 Å². The summed E-state index contributed by atoms with van der Waals surface area (Å²) in [4.78, 5) is 97.5. The van der Waals surface area contributed by atoms with Crippen LogP contribution in [-0.2, 0) is 52.4 Å². The maximum Gasteiger partial charge on any atom is 0.408 e. The highest BCUT2D eigenvalue weighted by atomic mass is 16.6. The standard InChI is InChI=1S/C56H83N3O15/c1-12-25-57-54(66)73-45-24-22-40(30-47(45)69-9)29-36(5)46-32-44(60)35(4)28-38(7)49(62)50(70-10)48(61)37(6)27-33(2)18-14-13-15-19-34(3)42(58-55(67)71-11)31-41-23-21-39(8)56(68,74-41)51(63)52(64)59-26-17-16-20-43(59)53(65)72-46/h1,13-15,18-19,28,33,35-37,39-43,45-47,49-50,62,68H,16-17,20-27,29-32H2,2-11H3,(H,57,66)(H,58,67)/b15-13+,18-14+,34-19+,38-28+/t33-,35-,36-,37-,39-,40+,41+,42?,43+,45-,46+,47-,49-,50+,56-/m1/s1. The van der Waals surface area contributed by atoms with Gasteiger partial charge >= 0.3 is 18.2 Å². The number of nitrogens with zero attached hydrogens (tertiary/aromatic N) is 1. The number of Topliss-reactive ketones (excluding diaryl/α,β-unsaturated/α-hetero) is 3. The van der Waals surface area contributed by atoms with Crippen molar-refractivity contribution in [2.75, 3.05) is 34.4 Å². The number of carbonyl (C=O) groups is 7. The molecule has 4 rings (SSSR count). The van der Waals surface area contributed by atoms with E-state index < -0.39 is 108 Å². The summed E-state index contributed by atoms with van der Waals surface area (Å²) in [6, 6.07) is -1.89. The molecule has 15 atom stereocenters. The van der Waals surface area contributed by atoms with Gasteiger partial charge in [0, 0.05) is 44.9 Å². The van der Waals surface area contributed by atoms with Crippen molar-refractivity contribution in [2.45, 2.75) is 180 Å². The minimum atomic E-state index is -2.55. The predicted molar refractivity (Wildman–Crippen MR) is 275 cm³/mol. The summed E-state index contributed by atoms with van der Waals surface area (Å²) >= 11 is 0. The highest BCUT2D eigenvalue weighted by molar-refractivity contribution is 6.39. The van der Waals surface area contributed by atoms with E-state index in [1.807, 2.05) is 26.0 Å². The van der Waals surface area contributed by atoms with Crippen LogP contribution in [0.15, 0.2) is 47.6 Å². The monoisotopic (exact) mass is 1040 g/mol. The third-order valence-corrected chi connectivity index (χ3v) is 15.3. The number of terminal acetylenes is 1. The van der Waals surface area contributed by atoms with Crippen molar-refractivity contribution >= 4 is 41.4 Å². The first kappa shape index (κ1) is 61.4. The zero-order valence-electron chi connectivity index (χ0n) is 45.2. The SMILES string of the molecule is C#CCNC(=O)O[C@@H]1CC[C@@H](C[C@@H](C)[C@@H]2CC(=O)[C@H](C)/C=C(\C)[C@@H](O)[C@@H](OC)C(=O)[C@H](C)C[C@H](C)/C=C/C=C/C=C(\C)C(NC(=O)OC)C[C@@H]3CC[C@@H](C)[C@@](O)(O3)C(=O)C(=O)N3CCCC[C@H]3C(=O)O2)C[C@H]1OC. The Morgan fingerprint density at radius 3 is 2.31 bits per heavy atom. The molecule has 0 aromatic heterocycles. The molecule has 412 valence electrons. The molecule has 3 amide bonds. The largest absolute Gasteiger partial charge is 0.460 e. The molecular formula is C56H83N3O15. The zero-order chi connectivity index (χ0) is 54.9. The molecule has 4 aliphatic rings. The number of piperidine rings is 1. The van der Waals surface area contributed by atoms with E-state index in [9.17, 15) is 43.8 Å². The van der Waals surface area contributed by atoms with Crippen LogP contribution in [0.2, 0.25) is 0 Å². The molecule has 3 fully saturated rings. The summed E-state index contributed by atoms with van der Waals surface area (Å²) in [6.07, 6.45) is 13.6. The Morgan fingerprint density at radius 1 is 0.905 bits per heavy atom. The number of ketones is 3. The van der Waals surface area contributed by atoms with Gasteiger partial charge in [0.15, 0.2) is 5.78 Å². The summed E-state index contributed by atoms with van der Waals surface area (Å²) in [6.45, 7) is 12.3. The molecule has 2 saturated heterocycles. The van der Waals surface area contributed by atoms with Gasteiger partial charge in [-0.05, 0) is 108 Å². The van der Waals surface area contributed by atoms with E-state index in [0.29, 0.717) is 68.9 Å². The number of cyclic esters (lactones) is 1. The van der Waals surface area contributed by atoms with Crippen molar-refractivity contribution in [3.05, 3.63) is 47.6 Å². The van der Waals surface area contributed by atoms with Gasteiger partial charge in [-0.1, -0.05) is 82.6 Å². The van der Waals surface area contributed by atoms with Gasteiger partial charge in [-0.2, -0.15) is 0 Å². The highest BCUT2D eigenvalue weighted by Gasteiger charge is 2.53. The van der Waals surface area contributed by atoms with E-state index in [-0.39, 0.29) is 55.8 Å². The molecule has 0 aromatic rings. The lowest BCUT2D eigenvalue weighted by atomic mass is 9.78. The number of carbonyl (C=O) groups excluding carboxylic acids is 7. The second kappa shape index (κ2) is 29.2. The fraction of sp³-hybridized carbons (Fsp3) is 0.696. The van der Waals surface area contributed by atoms with Crippen LogP contribution in [0.5, 0.6) is 0 Å². The molecular weight excluding hydrogens is 955 g/mol. The maximum atomic E-state index is 14.6. The molecule has 2 bridgehead atoms. The number of aliphatic hydroxyl groups is 2. The van der Waals surface area contributed by atoms with E-state index in [1.165, 1.54) is 21.3 Å². The molecule has 1 aliphatic carbocycles. The van der Waals surface area contributed by atoms with E-state index in [0.717, 1.165) is 4.90 Å². The Kier molecular flexibility index (Phi) is 24.2. The number of fused-ring (bicyclic) bond motifs is 3. The first-order chi connectivity index (χ1) is 35.1. The number of allylic oxidation sites excluding steroid dienone is 6. The van der Waals surface area contributed by atoms with Crippen molar-refractivity contribution in [3.63, 3.8) is 0 Å². The van der Waals surface area contributed by atoms with Crippen LogP contribution in [0.3, 0.4) is 0 Å². The predicted octanol–water partition coefficient (Wildman–Crippen LogP) is 6.26. The van der Waals surface area contributed by atoms with Crippen molar-refractivity contribution in [1.29, 1.82) is 0 Å². The molecule has 3 aliphatic heterocycles. The van der Waals surface area contributed by atoms with Gasteiger partial charge in [0.25, 0.3) is 11.7 Å². The minimum Gasteiger partial charge on any atom is -0.460 e. The first-order valence-corrected chi connectivity index (χ1v) is 26.3. The van der Waals surface area contributed by atoms with Crippen LogP contribution in [-0.4, -0.2) is 145 Å². The van der Waals surface area contributed by atoms with E-state index in [2.05, 4.69) is 16.6 Å². The molecule has 18 nitrogen and oxygen atoms in total. The Bertz CT molecular complexity index is 2130. The van der Waals surface area contributed by atoms with Crippen molar-refractivity contribution < 1.29 is 72.2 Å². The summed E-state index contributed by atoms with van der Waals surface area (Å²) in [5.41, 5.74) is 1.05. The molecule has 0 spiro atoms. The minimum absolute atomic E-state index is 0.00217. The molecule has 1 unspecified atom stereocenters. The Labute approximate surface area is 437 Å². The number of methoxy groups -OCH3 is 3. The van der Waals surface area contributed by atoms with Crippen molar-refractivity contribution in [2.24, 2.45) is 35.5 Å². The van der Waals surface area contributed by atoms with Crippen molar-refractivity contribution in [1.82, 2.24) is 15.5 Å². The summed E-state index contributed by atoms with van der Waals surface area (Å²) < 4.78 is 34.4. The van der Waals surface area contributed by atoms with E-state index in [4.69, 9.17) is 34.8 Å². The number of ether oxygens (including phenoxy) is 6. The first-order valence-electron chi connectivity index (χ1n) is 26.3. The molecule has 0 radical (unpaired) electrons. The lowest BCUT2D eigenvalue weighted by molar-refractivity contribution is -0.264. The number of rotatable bonds is 8. The fourth-order valence-electron chi connectivity index (χ4n) is 10.7. The van der Waals surface area contributed by atoms with Gasteiger partial charge in [0.05, 0.1) is 31.9 Å². The summed E-state index contributed by atoms with van der Waals surface area (Å²) in [5.74, 6) is -6.57. The second-order valence-corrected chi connectivity index (χ2v) is 21.0. The number of esters is 1. The van der Waals surface area contributed by atoms with Crippen LogP contribution in [0, 0.1) is 47.9 Å². The molecule has 1 saturated carbocycles. The topological polar surface area (TPSA) is 243 Å². The molecule has 74 heavy (non-hydrogen) atoms. The number of amides is 3. The van der Waals surface area contributed by atoms with Gasteiger partial charge in [-0.25, -0.2) is 14.4 Å². The lowest BCUT2D eigenvalue weighted by Crippen LogP contribution is -2.61. The zero-order valence-corrected chi connectivity index (χ0v) is 45.2. The number of aliphatic hydroxyl groups excluding tert-OH is 1. The Morgan fingerprint density at radius 2 is 1.64 bits per heavy atom. The van der Waals surface area contributed by atoms with E-state index >= 15 is 0 Å². The smallest absolute Gasteiger partial charge is 0.408 e. The van der Waals surface area contributed by atoms with E-state index in [1.54, 1.807) is 58.9 Å².